The van der Waals surface area contributed by atoms with E-state index in [1.807, 2.05) is 26.0 Å². The van der Waals surface area contributed by atoms with Crippen molar-refractivity contribution in [1.82, 2.24) is 4.57 Å². The number of hydrogen-bond acceptors (Lipinski definition) is 1. The maximum atomic E-state index is 8.79. The van der Waals surface area contributed by atoms with Crippen molar-refractivity contribution in [3.63, 3.8) is 0 Å². The molecule has 0 unspecified atom stereocenters. The third-order valence-electron chi connectivity index (χ3n) is 2.19. The number of aryl methyl sites for hydroxylation is 1. The van der Waals surface area contributed by atoms with E-state index in [4.69, 9.17) is 5.26 Å². The third kappa shape index (κ3) is 3.33. The minimum Gasteiger partial charge on any atom is -0.354 e. The summed E-state index contributed by atoms with van der Waals surface area (Å²) in [5, 5.41) is 8.79. The van der Waals surface area contributed by atoms with Crippen LogP contribution in [0.3, 0.4) is 0 Å². The molecule has 70 valence electrons. The lowest BCUT2D eigenvalue weighted by molar-refractivity contribution is 0.416. The van der Waals surface area contributed by atoms with Gasteiger partial charge in [0.15, 0.2) is 0 Å². The molecule has 0 saturated carbocycles. The predicted molar refractivity (Wildman–Crippen MR) is 53.1 cm³/mol. The van der Waals surface area contributed by atoms with Gasteiger partial charge in [0.25, 0.3) is 0 Å². The van der Waals surface area contributed by atoms with Gasteiger partial charge in [0.2, 0.25) is 0 Å². The van der Waals surface area contributed by atoms with E-state index in [-0.39, 0.29) is 5.41 Å². The van der Waals surface area contributed by atoms with Gasteiger partial charge >= 0.3 is 0 Å². The molecule has 0 N–H and O–H groups in total. The Morgan fingerprint density at radius 1 is 1.31 bits per heavy atom. The van der Waals surface area contributed by atoms with Gasteiger partial charge in [-0.2, -0.15) is 5.26 Å². The van der Waals surface area contributed by atoms with Crippen molar-refractivity contribution in [2.45, 2.75) is 33.2 Å². The van der Waals surface area contributed by atoms with Crippen LogP contribution in [0, 0.1) is 16.7 Å². The normalized spacial score (nSPS) is 11.2. The Bertz CT molecular complexity index is 278. The molecule has 0 aliphatic heterocycles. The highest BCUT2D eigenvalue weighted by atomic mass is 14.9. The zero-order chi connectivity index (χ0) is 9.73. The Morgan fingerprint density at radius 3 is 2.46 bits per heavy atom. The lowest BCUT2D eigenvalue weighted by atomic mass is 9.90. The largest absolute Gasteiger partial charge is 0.354 e. The molecule has 1 aromatic rings. The topological polar surface area (TPSA) is 28.7 Å². The Hall–Kier alpha value is -1.23. The summed E-state index contributed by atoms with van der Waals surface area (Å²) in [6.45, 7) is 4.99. The summed E-state index contributed by atoms with van der Waals surface area (Å²) < 4.78 is 2.15. The van der Waals surface area contributed by atoms with Crippen LogP contribution < -0.4 is 0 Å². The second-order valence-electron chi connectivity index (χ2n) is 4.02. The number of aromatic nitrogens is 1. The maximum Gasteiger partial charge on any atom is 0.0683 e. The summed E-state index contributed by atoms with van der Waals surface area (Å²) in [4.78, 5) is 0. The highest BCUT2D eigenvalue weighted by molar-refractivity contribution is 4.92. The summed E-state index contributed by atoms with van der Waals surface area (Å²) in [5.41, 5.74) is -0.173. The fourth-order valence-corrected chi connectivity index (χ4v) is 1.28. The molecule has 1 rings (SSSR count). The first-order chi connectivity index (χ1) is 6.14. The first kappa shape index (κ1) is 9.85. The van der Waals surface area contributed by atoms with Crippen LogP contribution in [0.4, 0.5) is 0 Å². The fraction of sp³-hybridized carbons (Fsp3) is 0.545. The summed E-state index contributed by atoms with van der Waals surface area (Å²) in [5.74, 6) is 0. The van der Waals surface area contributed by atoms with E-state index < -0.39 is 0 Å². The van der Waals surface area contributed by atoms with Crippen molar-refractivity contribution < 1.29 is 0 Å². The van der Waals surface area contributed by atoms with Crippen LogP contribution >= 0.6 is 0 Å². The van der Waals surface area contributed by atoms with Crippen LogP contribution in [-0.2, 0) is 6.54 Å². The van der Waals surface area contributed by atoms with E-state index in [0.29, 0.717) is 0 Å². The third-order valence-corrected chi connectivity index (χ3v) is 2.19. The van der Waals surface area contributed by atoms with Gasteiger partial charge in [-0.05, 0) is 38.8 Å². The quantitative estimate of drug-likeness (QED) is 0.693. The van der Waals surface area contributed by atoms with Gasteiger partial charge < -0.3 is 4.57 Å². The first-order valence-electron chi connectivity index (χ1n) is 4.66. The van der Waals surface area contributed by atoms with Gasteiger partial charge in [0, 0.05) is 18.9 Å². The SMILES string of the molecule is CC(C)(C#N)CCCn1cccc1. The maximum absolute atomic E-state index is 8.79. The molecule has 0 spiro atoms. The molecule has 0 amide bonds. The van der Waals surface area contributed by atoms with Crippen molar-refractivity contribution in [3.05, 3.63) is 24.5 Å². The van der Waals surface area contributed by atoms with E-state index in [1.165, 1.54) is 0 Å². The highest BCUT2D eigenvalue weighted by Crippen LogP contribution is 2.20. The Morgan fingerprint density at radius 2 is 1.92 bits per heavy atom. The standard InChI is InChI=1S/C11H16N2/c1-11(2,10-12)6-5-9-13-7-3-4-8-13/h3-4,7-8H,5-6,9H2,1-2H3. The van der Waals surface area contributed by atoms with Gasteiger partial charge in [-0.3, -0.25) is 0 Å². The van der Waals surface area contributed by atoms with Crippen LogP contribution in [0.25, 0.3) is 0 Å². The van der Waals surface area contributed by atoms with Gasteiger partial charge in [-0.15, -0.1) is 0 Å². The van der Waals surface area contributed by atoms with E-state index in [9.17, 15) is 0 Å². The number of nitrogens with zero attached hydrogens (tertiary/aromatic N) is 2. The molecule has 1 heterocycles. The van der Waals surface area contributed by atoms with Crippen molar-refractivity contribution >= 4 is 0 Å². The smallest absolute Gasteiger partial charge is 0.0683 e. The predicted octanol–water partition coefficient (Wildman–Crippen LogP) is 2.82. The molecule has 0 saturated heterocycles. The minimum atomic E-state index is -0.173. The zero-order valence-corrected chi connectivity index (χ0v) is 8.33. The van der Waals surface area contributed by atoms with Crippen LogP contribution in [0.5, 0.6) is 0 Å². The molecule has 0 fully saturated rings. The first-order valence-corrected chi connectivity index (χ1v) is 4.66. The lowest BCUT2D eigenvalue weighted by Gasteiger charge is -2.14. The molecule has 0 aliphatic rings. The molecule has 0 bridgehead atoms. The van der Waals surface area contributed by atoms with Crippen LogP contribution in [-0.4, -0.2) is 4.57 Å². The van der Waals surface area contributed by atoms with Crippen molar-refractivity contribution in [2.24, 2.45) is 5.41 Å². The van der Waals surface area contributed by atoms with Crippen molar-refractivity contribution in [1.29, 1.82) is 5.26 Å². The van der Waals surface area contributed by atoms with E-state index in [0.717, 1.165) is 19.4 Å². The van der Waals surface area contributed by atoms with Crippen LogP contribution in [0.1, 0.15) is 26.7 Å². The molecule has 13 heavy (non-hydrogen) atoms. The second-order valence-corrected chi connectivity index (χ2v) is 4.02. The number of hydrogen-bond donors (Lipinski definition) is 0. The number of nitriles is 1. The monoisotopic (exact) mass is 176 g/mol. The zero-order valence-electron chi connectivity index (χ0n) is 8.33. The lowest BCUT2D eigenvalue weighted by Crippen LogP contribution is -2.09. The van der Waals surface area contributed by atoms with Crippen LogP contribution in [0.2, 0.25) is 0 Å². The van der Waals surface area contributed by atoms with Gasteiger partial charge in [0.05, 0.1) is 11.5 Å². The van der Waals surface area contributed by atoms with Crippen molar-refractivity contribution in [2.75, 3.05) is 0 Å². The molecule has 0 aromatic carbocycles. The minimum absolute atomic E-state index is 0.173. The average Bonchev–Trinajstić information content (AvgIpc) is 2.57. The van der Waals surface area contributed by atoms with Crippen LogP contribution in [0.15, 0.2) is 24.5 Å². The van der Waals surface area contributed by atoms with E-state index >= 15 is 0 Å². The van der Waals surface area contributed by atoms with E-state index in [2.05, 4.69) is 23.0 Å². The summed E-state index contributed by atoms with van der Waals surface area (Å²) in [6, 6.07) is 6.36. The summed E-state index contributed by atoms with van der Waals surface area (Å²) >= 11 is 0. The number of rotatable bonds is 4. The summed E-state index contributed by atoms with van der Waals surface area (Å²) in [7, 11) is 0. The fourth-order valence-electron chi connectivity index (χ4n) is 1.28. The molecule has 0 aliphatic carbocycles. The molecular formula is C11H16N2. The Balaban J connectivity index is 2.26. The molecule has 1 aromatic heterocycles. The highest BCUT2D eigenvalue weighted by Gasteiger charge is 2.15. The molecule has 2 heteroatoms. The van der Waals surface area contributed by atoms with Gasteiger partial charge in [-0.25, -0.2) is 0 Å². The Kier molecular flexibility index (Phi) is 3.13. The molecule has 0 radical (unpaired) electrons. The van der Waals surface area contributed by atoms with E-state index in [1.54, 1.807) is 0 Å². The summed E-state index contributed by atoms with van der Waals surface area (Å²) in [6.07, 6.45) is 6.13. The molecular weight excluding hydrogens is 160 g/mol. The molecule has 2 nitrogen and oxygen atoms in total. The van der Waals surface area contributed by atoms with Gasteiger partial charge in [-0.1, -0.05) is 0 Å². The van der Waals surface area contributed by atoms with Crippen molar-refractivity contribution in [3.8, 4) is 6.07 Å². The van der Waals surface area contributed by atoms with Gasteiger partial charge in [0.1, 0.15) is 0 Å². The molecule has 0 atom stereocenters. The average molecular weight is 176 g/mol. The Labute approximate surface area is 79.8 Å². The second kappa shape index (κ2) is 4.13.